The molecule has 2 N–H and O–H groups in total. The predicted molar refractivity (Wildman–Crippen MR) is 97.3 cm³/mol. The smallest absolute Gasteiger partial charge is 0.410 e. The summed E-state index contributed by atoms with van der Waals surface area (Å²) in [4.78, 5) is 13.9. The number of anilines is 1. The molecule has 0 radical (unpaired) electrons. The van der Waals surface area contributed by atoms with Crippen molar-refractivity contribution < 1.29 is 14.6 Å². The number of ether oxygens (including phenoxy) is 1. The second-order valence-electron chi connectivity index (χ2n) is 6.67. The summed E-state index contributed by atoms with van der Waals surface area (Å²) in [5, 5.41) is 14.1. The van der Waals surface area contributed by atoms with Crippen LogP contribution in [0.25, 0.3) is 0 Å². The van der Waals surface area contributed by atoms with E-state index in [9.17, 15) is 9.90 Å². The van der Waals surface area contributed by atoms with Crippen LogP contribution >= 0.6 is 0 Å². The van der Waals surface area contributed by atoms with E-state index in [0.717, 1.165) is 11.3 Å². The standard InChI is InChI=1S/C20H24N2O3/c1-20(24)15-22(19(23)25-14-16-8-4-2-5-9-16)13-12-18(20)21-17-10-6-3-7-11-17/h2-11,18,21,24H,12-15H2,1H3. The summed E-state index contributed by atoms with van der Waals surface area (Å²) in [7, 11) is 0. The van der Waals surface area contributed by atoms with Crippen LogP contribution in [0.5, 0.6) is 0 Å². The van der Waals surface area contributed by atoms with Crippen LogP contribution in [0.15, 0.2) is 60.7 Å². The molecular weight excluding hydrogens is 316 g/mol. The molecule has 1 amide bonds. The molecule has 2 aromatic rings. The van der Waals surface area contributed by atoms with Gasteiger partial charge in [0.15, 0.2) is 0 Å². The van der Waals surface area contributed by atoms with Crippen molar-refractivity contribution in [3.8, 4) is 0 Å². The van der Waals surface area contributed by atoms with E-state index >= 15 is 0 Å². The third-order valence-corrected chi connectivity index (χ3v) is 4.53. The maximum absolute atomic E-state index is 12.3. The molecule has 1 aliphatic heterocycles. The highest BCUT2D eigenvalue weighted by Gasteiger charge is 2.40. The molecule has 2 atom stereocenters. The first-order valence-corrected chi connectivity index (χ1v) is 8.54. The zero-order valence-corrected chi connectivity index (χ0v) is 14.4. The first kappa shape index (κ1) is 17.3. The van der Waals surface area contributed by atoms with Gasteiger partial charge in [0.1, 0.15) is 6.61 Å². The van der Waals surface area contributed by atoms with Crippen LogP contribution in [-0.2, 0) is 11.3 Å². The molecule has 2 unspecified atom stereocenters. The van der Waals surface area contributed by atoms with Crippen molar-refractivity contribution in [2.24, 2.45) is 0 Å². The third kappa shape index (κ3) is 4.51. The lowest BCUT2D eigenvalue weighted by molar-refractivity contribution is -0.0259. The van der Waals surface area contributed by atoms with Gasteiger partial charge in [0, 0.05) is 12.2 Å². The summed E-state index contributed by atoms with van der Waals surface area (Å²) < 4.78 is 5.37. The predicted octanol–water partition coefficient (Wildman–Crippen LogP) is 3.26. The molecule has 1 fully saturated rings. The van der Waals surface area contributed by atoms with Crippen LogP contribution in [0.1, 0.15) is 18.9 Å². The van der Waals surface area contributed by atoms with Gasteiger partial charge in [-0.25, -0.2) is 4.79 Å². The second-order valence-corrected chi connectivity index (χ2v) is 6.67. The first-order valence-electron chi connectivity index (χ1n) is 8.54. The van der Waals surface area contributed by atoms with Crippen LogP contribution in [0, 0.1) is 0 Å². The Morgan fingerprint density at radius 2 is 1.84 bits per heavy atom. The number of piperidine rings is 1. The van der Waals surface area contributed by atoms with Crippen molar-refractivity contribution in [2.45, 2.75) is 31.6 Å². The lowest BCUT2D eigenvalue weighted by Gasteiger charge is -2.43. The van der Waals surface area contributed by atoms with Crippen molar-refractivity contribution in [3.05, 3.63) is 66.2 Å². The lowest BCUT2D eigenvalue weighted by atomic mass is 9.89. The van der Waals surface area contributed by atoms with Crippen LogP contribution < -0.4 is 5.32 Å². The zero-order chi connectivity index (χ0) is 17.7. The number of hydrogen-bond acceptors (Lipinski definition) is 4. The molecule has 25 heavy (non-hydrogen) atoms. The summed E-state index contributed by atoms with van der Waals surface area (Å²) >= 11 is 0. The van der Waals surface area contributed by atoms with Crippen LogP contribution in [0.3, 0.4) is 0 Å². The monoisotopic (exact) mass is 340 g/mol. The van der Waals surface area contributed by atoms with Gasteiger partial charge in [-0.1, -0.05) is 48.5 Å². The Labute approximate surface area is 148 Å². The number of carbonyl (C=O) groups excluding carboxylic acids is 1. The van der Waals surface area contributed by atoms with Crippen molar-refractivity contribution in [2.75, 3.05) is 18.4 Å². The number of nitrogens with one attached hydrogen (secondary N) is 1. The minimum atomic E-state index is -1.03. The molecule has 0 saturated carbocycles. The molecule has 0 aliphatic carbocycles. The van der Waals surface area contributed by atoms with Gasteiger partial charge in [-0.3, -0.25) is 0 Å². The number of hydrogen-bond donors (Lipinski definition) is 2. The third-order valence-electron chi connectivity index (χ3n) is 4.53. The van der Waals surface area contributed by atoms with E-state index in [4.69, 9.17) is 4.74 Å². The lowest BCUT2D eigenvalue weighted by Crippen LogP contribution is -2.59. The summed E-state index contributed by atoms with van der Waals surface area (Å²) in [5.41, 5.74) is 0.885. The zero-order valence-electron chi connectivity index (χ0n) is 14.4. The van der Waals surface area contributed by atoms with Crippen molar-refractivity contribution in [1.29, 1.82) is 0 Å². The van der Waals surface area contributed by atoms with Gasteiger partial charge >= 0.3 is 6.09 Å². The van der Waals surface area contributed by atoms with Crippen LogP contribution in [-0.4, -0.2) is 40.8 Å². The quantitative estimate of drug-likeness (QED) is 0.897. The van der Waals surface area contributed by atoms with Gasteiger partial charge in [-0.15, -0.1) is 0 Å². The van der Waals surface area contributed by atoms with Gasteiger partial charge in [0.2, 0.25) is 0 Å². The van der Waals surface area contributed by atoms with E-state index < -0.39 is 5.60 Å². The van der Waals surface area contributed by atoms with E-state index in [1.807, 2.05) is 60.7 Å². The topological polar surface area (TPSA) is 61.8 Å². The molecule has 1 saturated heterocycles. The molecule has 0 aromatic heterocycles. The summed E-state index contributed by atoms with van der Waals surface area (Å²) in [5.74, 6) is 0. The number of para-hydroxylation sites is 1. The van der Waals surface area contributed by atoms with Crippen LogP contribution in [0.4, 0.5) is 10.5 Å². The summed E-state index contributed by atoms with van der Waals surface area (Å²) in [6.07, 6.45) is 0.268. The van der Waals surface area contributed by atoms with Gasteiger partial charge in [0.05, 0.1) is 18.2 Å². The normalized spacial score (nSPS) is 23.1. The van der Waals surface area contributed by atoms with Crippen molar-refractivity contribution >= 4 is 11.8 Å². The molecule has 5 heteroatoms. The number of likely N-dealkylation sites (tertiary alicyclic amines) is 1. The highest BCUT2D eigenvalue weighted by atomic mass is 16.6. The number of benzene rings is 2. The number of amides is 1. The van der Waals surface area contributed by atoms with E-state index in [1.54, 1.807) is 11.8 Å². The number of nitrogens with zero attached hydrogens (tertiary/aromatic N) is 1. The Bertz CT molecular complexity index is 689. The Morgan fingerprint density at radius 1 is 1.20 bits per heavy atom. The van der Waals surface area contributed by atoms with Gasteiger partial charge in [0.25, 0.3) is 0 Å². The molecule has 3 rings (SSSR count). The van der Waals surface area contributed by atoms with E-state index in [0.29, 0.717) is 13.0 Å². The van der Waals surface area contributed by atoms with Gasteiger partial charge in [-0.05, 0) is 31.0 Å². The molecule has 1 aliphatic rings. The van der Waals surface area contributed by atoms with Crippen molar-refractivity contribution in [1.82, 2.24) is 4.90 Å². The minimum Gasteiger partial charge on any atom is -0.445 e. The van der Waals surface area contributed by atoms with Crippen molar-refractivity contribution in [3.63, 3.8) is 0 Å². The van der Waals surface area contributed by atoms with Gasteiger partial charge in [-0.2, -0.15) is 0 Å². The summed E-state index contributed by atoms with van der Waals surface area (Å²) in [6, 6.07) is 19.3. The van der Waals surface area contributed by atoms with Gasteiger partial charge < -0.3 is 20.1 Å². The fraction of sp³-hybridized carbons (Fsp3) is 0.350. The average molecular weight is 340 g/mol. The molecule has 5 nitrogen and oxygen atoms in total. The first-order chi connectivity index (χ1) is 12.0. The van der Waals surface area contributed by atoms with E-state index in [1.165, 1.54) is 0 Å². The number of aliphatic hydroxyl groups is 1. The fourth-order valence-corrected chi connectivity index (χ4v) is 3.10. The van der Waals surface area contributed by atoms with Crippen LogP contribution in [0.2, 0.25) is 0 Å². The number of rotatable bonds is 4. The molecule has 2 aromatic carbocycles. The Hall–Kier alpha value is -2.53. The average Bonchev–Trinajstić information content (AvgIpc) is 2.63. The fourth-order valence-electron chi connectivity index (χ4n) is 3.10. The largest absolute Gasteiger partial charge is 0.445 e. The molecule has 1 heterocycles. The second kappa shape index (κ2) is 7.57. The Kier molecular flexibility index (Phi) is 5.24. The number of carbonyl (C=O) groups is 1. The Balaban J connectivity index is 1.55. The molecular formula is C20H24N2O3. The molecule has 0 bridgehead atoms. The SMILES string of the molecule is CC1(O)CN(C(=O)OCc2ccccc2)CCC1Nc1ccccc1. The minimum absolute atomic E-state index is 0.118. The highest BCUT2D eigenvalue weighted by Crippen LogP contribution is 2.25. The number of β-amino-alcohol motifs (C(OH)–C–C–N with tert-alkyl or cyclic N) is 1. The molecule has 0 spiro atoms. The Morgan fingerprint density at radius 3 is 2.48 bits per heavy atom. The van der Waals surface area contributed by atoms with E-state index in [2.05, 4.69) is 5.32 Å². The maximum Gasteiger partial charge on any atom is 0.410 e. The summed E-state index contributed by atoms with van der Waals surface area (Å²) in [6.45, 7) is 2.79. The van der Waals surface area contributed by atoms with E-state index in [-0.39, 0.29) is 25.3 Å². The highest BCUT2D eigenvalue weighted by molar-refractivity contribution is 5.68. The maximum atomic E-state index is 12.3. The molecule has 132 valence electrons.